The van der Waals surface area contributed by atoms with E-state index in [0.717, 1.165) is 30.2 Å². The van der Waals surface area contributed by atoms with Gasteiger partial charge in [0.25, 0.3) is 0 Å². The maximum atomic E-state index is 13.2. The number of nitrogens with zero attached hydrogens (tertiary/aromatic N) is 1. The molecular formula is C17H14F2N2S. The van der Waals surface area contributed by atoms with Crippen molar-refractivity contribution in [1.29, 1.82) is 0 Å². The van der Waals surface area contributed by atoms with E-state index >= 15 is 0 Å². The van der Waals surface area contributed by atoms with E-state index in [-0.39, 0.29) is 0 Å². The Bertz CT molecular complexity index is 756. The van der Waals surface area contributed by atoms with E-state index in [9.17, 15) is 8.78 Å². The second-order valence-corrected chi connectivity index (χ2v) is 5.69. The lowest BCUT2D eigenvalue weighted by molar-refractivity contribution is 0.509. The minimum absolute atomic E-state index is 0.575. The summed E-state index contributed by atoms with van der Waals surface area (Å²) in [6, 6.07) is 14.0. The molecule has 2 nitrogen and oxygen atoms in total. The summed E-state index contributed by atoms with van der Waals surface area (Å²) in [5.74, 6) is -1.70. The first kappa shape index (κ1) is 14.7. The number of anilines is 1. The number of halogens is 2. The van der Waals surface area contributed by atoms with E-state index in [4.69, 9.17) is 0 Å². The Morgan fingerprint density at radius 1 is 1.00 bits per heavy atom. The smallest absolute Gasteiger partial charge is 0.183 e. The van der Waals surface area contributed by atoms with Gasteiger partial charge in [-0.05, 0) is 30.2 Å². The molecule has 22 heavy (non-hydrogen) atoms. The van der Waals surface area contributed by atoms with Crippen LogP contribution in [0.25, 0.3) is 11.3 Å². The fourth-order valence-corrected chi connectivity index (χ4v) is 2.85. The minimum atomic E-state index is -0.857. The first-order chi connectivity index (χ1) is 10.7. The van der Waals surface area contributed by atoms with Gasteiger partial charge in [0.15, 0.2) is 16.8 Å². The Kier molecular flexibility index (Phi) is 4.44. The minimum Gasteiger partial charge on any atom is -0.361 e. The summed E-state index contributed by atoms with van der Waals surface area (Å²) in [5, 5.41) is 5.85. The van der Waals surface area contributed by atoms with Crippen molar-refractivity contribution in [3.8, 4) is 11.3 Å². The molecule has 0 spiro atoms. The quantitative estimate of drug-likeness (QED) is 0.735. The number of thiazole rings is 1. The van der Waals surface area contributed by atoms with Crippen molar-refractivity contribution in [2.75, 3.05) is 11.9 Å². The predicted molar refractivity (Wildman–Crippen MR) is 86.1 cm³/mol. The van der Waals surface area contributed by atoms with Gasteiger partial charge in [0.1, 0.15) is 0 Å². The van der Waals surface area contributed by atoms with Crippen LogP contribution in [0.5, 0.6) is 0 Å². The van der Waals surface area contributed by atoms with Crippen LogP contribution in [0.1, 0.15) is 5.56 Å². The summed E-state index contributed by atoms with van der Waals surface area (Å²) in [6.07, 6.45) is 0.904. The molecule has 5 heteroatoms. The molecule has 3 aromatic rings. The molecule has 1 N–H and O–H groups in total. The third-order valence-electron chi connectivity index (χ3n) is 3.25. The van der Waals surface area contributed by atoms with Crippen LogP contribution in [0.4, 0.5) is 13.9 Å². The highest BCUT2D eigenvalue weighted by molar-refractivity contribution is 7.14. The highest BCUT2D eigenvalue weighted by Crippen LogP contribution is 2.26. The highest BCUT2D eigenvalue weighted by Gasteiger charge is 2.08. The lowest BCUT2D eigenvalue weighted by Gasteiger charge is -2.02. The summed E-state index contributed by atoms with van der Waals surface area (Å²) >= 11 is 1.45. The van der Waals surface area contributed by atoms with Gasteiger partial charge in [-0.2, -0.15) is 0 Å². The third kappa shape index (κ3) is 3.49. The molecule has 0 atom stereocenters. The summed E-state index contributed by atoms with van der Waals surface area (Å²) in [5.41, 5.74) is 2.48. The number of hydrogen-bond donors (Lipinski definition) is 1. The molecule has 0 bridgehead atoms. The lowest BCUT2D eigenvalue weighted by Crippen LogP contribution is -2.04. The van der Waals surface area contributed by atoms with Crippen LogP contribution in [0.2, 0.25) is 0 Å². The van der Waals surface area contributed by atoms with Crippen LogP contribution >= 0.6 is 11.3 Å². The van der Waals surface area contributed by atoms with Crippen LogP contribution in [-0.2, 0) is 6.42 Å². The van der Waals surface area contributed by atoms with Gasteiger partial charge in [0.05, 0.1) is 5.69 Å². The molecule has 3 rings (SSSR count). The maximum Gasteiger partial charge on any atom is 0.183 e. The fraction of sp³-hybridized carbons (Fsp3) is 0.118. The number of nitrogens with one attached hydrogen (secondary N) is 1. The van der Waals surface area contributed by atoms with Crippen molar-refractivity contribution in [3.63, 3.8) is 0 Å². The molecular weight excluding hydrogens is 302 g/mol. The van der Waals surface area contributed by atoms with Crippen molar-refractivity contribution < 1.29 is 8.78 Å². The van der Waals surface area contributed by atoms with Gasteiger partial charge in [-0.25, -0.2) is 13.8 Å². The molecule has 0 unspecified atom stereocenters. The lowest BCUT2D eigenvalue weighted by atomic mass is 10.1. The first-order valence-corrected chi connectivity index (χ1v) is 7.79. The molecule has 0 aliphatic heterocycles. The molecule has 112 valence electrons. The predicted octanol–water partition coefficient (Wildman–Crippen LogP) is 4.74. The van der Waals surface area contributed by atoms with Crippen LogP contribution in [0.3, 0.4) is 0 Å². The topological polar surface area (TPSA) is 24.9 Å². The molecule has 0 aliphatic rings. The van der Waals surface area contributed by atoms with Crippen molar-refractivity contribution in [2.45, 2.75) is 6.42 Å². The number of rotatable bonds is 5. The monoisotopic (exact) mass is 316 g/mol. The summed E-state index contributed by atoms with van der Waals surface area (Å²) < 4.78 is 26.2. The summed E-state index contributed by atoms with van der Waals surface area (Å²) in [4.78, 5) is 4.40. The van der Waals surface area contributed by atoms with Crippen molar-refractivity contribution in [3.05, 3.63) is 71.1 Å². The van der Waals surface area contributed by atoms with Gasteiger partial charge in [-0.3, -0.25) is 0 Å². The zero-order chi connectivity index (χ0) is 15.4. The standard InChI is InChI=1S/C17H14F2N2S/c18-14-7-6-13(10-15(14)19)16-11-22-17(21-16)20-9-8-12-4-2-1-3-5-12/h1-7,10-11H,8-9H2,(H,20,21). The Hall–Kier alpha value is -2.27. The van der Waals surface area contributed by atoms with Crippen molar-refractivity contribution in [2.24, 2.45) is 0 Å². The van der Waals surface area contributed by atoms with E-state index in [0.29, 0.717) is 11.3 Å². The molecule has 2 aromatic carbocycles. The fourth-order valence-electron chi connectivity index (χ4n) is 2.10. The van der Waals surface area contributed by atoms with E-state index < -0.39 is 11.6 Å². The molecule has 1 heterocycles. The maximum absolute atomic E-state index is 13.2. The van der Waals surface area contributed by atoms with E-state index in [2.05, 4.69) is 22.4 Å². The largest absolute Gasteiger partial charge is 0.361 e. The van der Waals surface area contributed by atoms with E-state index in [1.807, 2.05) is 23.6 Å². The van der Waals surface area contributed by atoms with Gasteiger partial charge < -0.3 is 5.32 Å². The molecule has 1 aromatic heterocycles. The number of benzene rings is 2. The van der Waals surface area contributed by atoms with Gasteiger partial charge in [0, 0.05) is 17.5 Å². The zero-order valence-corrected chi connectivity index (χ0v) is 12.5. The molecule has 0 saturated carbocycles. The molecule has 0 saturated heterocycles. The van der Waals surface area contributed by atoms with Crippen molar-refractivity contribution >= 4 is 16.5 Å². The average Bonchev–Trinajstić information content (AvgIpc) is 3.00. The summed E-state index contributed by atoms with van der Waals surface area (Å²) in [7, 11) is 0. The first-order valence-electron chi connectivity index (χ1n) is 6.91. The molecule has 0 aliphatic carbocycles. The Labute approximate surface area is 131 Å². The van der Waals surface area contributed by atoms with Gasteiger partial charge in [-0.1, -0.05) is 30.3 Å². The van der Waals surface area contributed by atoms with Gasteiger partial charge in [0.2, 0.25) is 0 Å². The second kappa shape index (κ2) is 6.66. The average molecular weight is 316 g/mol. The van der Waals surface area contributed by atoms with Crippen LogP contribution in [0.15, 0.2) is 53.9 Å². The van der Waals surface area contributed by atoms with E-state index in [1.165, 1.54) is 23.0 Å². The molecule has 0 radical (unpaired) electrons. The van der Waals surface area contributed by atoms with Gasteiger partial charge in [-0.15, -0.1) is 11.3 Å². The normalized spacial score (nSPS) is 10.6. The Balaban J connectivity index is 1.62. The Morgan fingerprint density at radius 3 is 2.59 bits per heavy atom. The SMILES string of the molecule is Fc1ccc(-c2csc(NCCc3ccccc3)n2)cc1F. The molecule has 0 fully saturated rings. The third-order valence-corrected chi connectivity index (χ3v) is 4.05. The highest BCUT2D eigenvalue weighted by atomic mass is 32.1. The van der Waals surface area contributed by atoms with Crippen LogP contribution in [-0.4, -0.2) is 11.5 Å². The van der Waals surface area contributed by atoms with Crippen LogP contribution < -0.4 is 5.32 Å². The van der Waals surface area contributed by atoms with E-state index in [1.54, 1.807) is 0 Å². The van der Waals surface area contributed by atoms with Crippen LogP contribution in [0, 0.1) is 11.6 Å². The van der Waals surface area contributed by atoms with Crippen molar-refractivity contribution in [1.82, 2.24) is 4.98 Å². The zero-order valence-electron chi connectivity index (χ0n) is 11.7. The molecule has 0 amide bonds. The number of hydrogen-bond acceptors (Lipinski definition) is 3. The summed E-state index contributed by atoms with van der Waals surface area (Å²) in [6.45, 7) is 0.773. The number of aromatic nitrogens is 1. The van der Waals surface area contributed by atoms with Gasteiger partial charge >= 0.3 is 0 Å². The second-order valence-electron chi connectivity index (χ2n) is 4.83. The Morgan fingerprint density at radius 2 is 1.82 bits per heavy atom.